The molecular formula is C9H14F3N3OS. The lowest BCUT2D eigenvalue weighted by Crippen LogP contribution is -2.27. The molecule has 0 bridgehead atoms. The number of halogens is 3. The molecule has 1 unspecified atom stereocenters. The van der Waals surface area contributed by atoms with Crippen LogP contribution < -0.4 is 11.3 Å². The van der Waals surface area contributed by atoms with Gasteiger partial charge in [0, 0.05) is 24.8 Å². The molecular weight excluding hydrogens is 255 g/mol. The second kappa shape index (κ2) is 6.29. The van der Waals surface area contributed by atoms with Crippen molar-refractivity contribution >= 4 is 11.3 Å². The van der Waals surface area contributed by atoms with Crippen molar-refractivity contribution in [1.82, 2.24) is 10.4 Å². The van der Waals surface area contributed by atoms with E-state index in [0.29, 0.717) is 35.7 Å². The monoisotopic (exact) mass is 269 g/mol. The first-order chi connectivity index (χ1) is 7.99. The predicted molar refractivity (Wildman–Crippen MR) is 58.3 cm³/mol. The number of hydrogen-bond donors (Lipinski definition) is 2. The summed E-state index contributed by atoms with van der Waals surface area (Å²) >= 11 is 0.611. The molecule has 0 aliphatic carbocycles. The quantitative estimate of drug-likeness (QED) is 0.471. The Morgan fingerprint density at radius 3 is 2.76 bits per heavy atom. The predicted octanol–water partition coefficient (Wildman–Crippen LogP) is 2.09. The van der Waals surface area contributed by atoms with Gasteiger partial charge < -0.3 is 4.74 Å². The molecule has 4 nitrogen and oxygen atoms in total. The molecule has 98 valence electrons. The Hall–Kier alpha value is -0.700. The lowest BCUT2D eigenvalue weighted by atomic mass is 10.1. The minimum Gasteiger partial charge on any atom is -0.385 e. The van der Waals surface area contributed by atoms with Crippen LogP contribution >= 0.6 is 11.3 Å². The molecule has 1 atom stereocenters. The molecule has 0 radical (unpaired) electrons. The standard InChI is InChI=1S/C9H14F3N3OS/c1-16-4-2-3-6(15-13)7-5-14-8(17-7)9(10,11)12/h5-6,15H,2-4,13H2,1H3. The van der Waals surface area contributed by atoms with E-state index in [4.69, 9.17) is 10.6 Å². The second-order valence-electron chi connectivity index (χ2n) is 3.42. The van der Waals surface area contributed by atoms with Crippen LogP contribution in [0.25, 0.3) is 0 Å². The molecule has 1 aromatic heterocycles. The molecule has 8 heteroatoms. The molecule has 3 N–H and O–H groups in total. The van der Waals surface area contributed by atoms with Crippen LogP contribution in [0.2, 0.25) is 0 Å². The average Bonchev–Trinajstić information content (AvgIpc) is 2.73. The zero-order valence-electron chi connectivity index (χ0n) is 9.25. The summed E-state index contributed by atoms with van der Waals surface area (Å²) in [5, 5.41) is -0.848. The van der Waals surface area contributed by atoms with Crippen LogP contribution in [0.1, 0.15) is 28.8 Å². The molecule has 0 spiro atoms. The number of ether oxygens (including phenoxy) is 1. The number of thiazole rings is 1. The number of alkyl halides is 3. The van der Waals surface area contributed by atoms with Crippen LogP contribution in [0.5, 0.6) is 0 Å². The Morgan fingerprint density at radius 1 is 1.59 bits per heavy atom. The van der Waals surface area contributed by atoms with Gasteiger partial charge in [0.25, 0.3) is 0 Å². The summed E-state index contributed by atoms with van der Waals surface area (Å²) in [6.07, 6.45) is -1.87. The van der Waals surface area contributed by atoms with Crippen molar-refractivity contribution in [2.75, 3.05) is 13.7 Å². The van der Waals surface area contributed by atoms with Crippen molar-refractivity contribution in [3.05, 3.63) is 16.1 Å². The van der Waals surface area contributed by atoms with Crippen molar-refractivity contribution in [1.29, 1.82) is 0 Å². The number of nitrogens with two attached hydrogens (primary N) is 1. The molecule has 0 fully saturated rings. The highest BCUT2D eigenvalue weighted by molar-refractivity contribution is 7.11. The van der Waals surface area contributed by atoms with Crippen molar-refractivity contribution in [3.63, 3.8) is 0 Å². The summed E-state index contributed by atoms with van der Waals surface area (Å²) in [6.45, 7) is 0.545. The SMILES string of the molecule is COCCCC(NN)c1cnc(C(F)(F)F)s1. The Kier molecular flexibility index (Phi) is 5.31. The largest absolute Gasteiger partial charge is 0.443 e. The van der Waals surface area contributed by atoms with Gasteiger partial charge in [0.15, 0.2) is 5.01 Å². The first-order valence-corrected chi connectivity index (χ1v) is 5.78. The zero-order chi connectivity index (χ0) is 12.9. The minimum absolute atomic E-state index is 0.321. The Labute approximate surface area is 101 Å². The molecule has 0 saturated heterocycles. The fourth-order valence-electron chi connectivity index (χ4n) is 1.32. The normalized spacial score (nSPS) is 13.9. The lowest BCUT2D eigenvalue weighted by Gasteiger charge is -2.12. The van der Waals surface area contributed by atoms with Gasteiger partial charge in [-0.15, -0.1) is 11.3 Å². The number of aromatic nitrogens is 1. The first kappa shape index (κ1) is 14.4. The molecule has 0 saturated carbocycles. The van der Waals surface area contributed by atoms with Crippen molar-refractivity contribution in [3.8, 4) is 0 Å². The van der Waals surface area contributed by atoms with E-state index in [2.05, 4.69) is 10.4 Å². The number of nitrogens with one attached hydrogen (secondary N) is 1. The summed E-state index contributed by atoms with van der Waals surface area (Å²) in [5.41, 5.74) is 2.49. The van der Waals surface area contributed by atoms with E-state index < -0.39 is 11.2 Å². The van der Waals surface area contributed by atoms with Gasteiger partial charge in [0.1, 0.15) is 0 Å². The van der Waals surface area contributed by atoms with Crippen molar-refractivity contribution in [2.24, 2.45) is 5.84 Å². The highest BCUT2D eigenvalue weighted by Crippen LogP contribution is 2.34. The van der Waals surface area contributed by atoms with Crippen LogP contribution in [0, 0.1) is 0 Å². The summed E-state index contributed by atoms with van der Waals surface area (Å²) in [6, 6.07) is -0.321. The smallest absolute Gasteiger partial charge is 0.385 e. The molecule has 17 heavy (non-hydrogen) atoms. The molecule has 0 aliphatic heterocycles. The summed E-state index contributed by atoms with van der Waals surface area (Å²) < 4.78 is 41.9. The summed E-state index contributed by atoms with van der Waals surface area (Å²) in [5.74, 6) is 5.31. The van der Waals surface area contributed by atoms with Gasteiger partial charge in [0.2, 0.25) is 0 Å². The molecule has 1 heterocycles. The van der Waals surface area contributed by atoms with E-state index in [-0.39, 0.29) is 6.04 Å². The lowest BCUT2D eigenvalue weighted by molar-refractivity contribution is -0.137. The third-order valence-electron chi connectivity index (χ3n) is 2.15. The molecule has 0 aliphatic rings. The van der Waals surface area contributed by atoms with Gasteiger partial charge >= 0.3 is 6.18 Å². The van der Waals surface area contributed by atoms with Crippen molar-refractivity contribution < 1.29 is 17.9 Å². The maximum atomic E-state index is 12.4. The minimum atomic E-state index is -4.39. The second-order valence-corrected chi connectivity index (χ2v) is 4.48. The Bertz CT molecular complexity index is 342. The van der Waals surface area contributed by atoms with E-state index in [0.717, 1.165) is 0 Å². The Balaban J connectivity index is 2.66. The van der Waals surface area contributed by atoms with Gasteiger partial charge in [-0.3, -0.25) is 11.3 Å². The third kappa shape index (κ3) is 4.23. The maximum Gasteiger partial charge on any atom is 0.443 e. The van der Waals surface area contributed by atoms with E-state index in [1.807, 2.05) is 0 Å². The van der Waals surface area contributed by atoms with Crippen LogP contribution in [-0.2, 0) is 10.9 Å². The molecule has 0 amide bonds. The topological polar surface area (TPSA) is 60.2 Å². The van der Waals surface area contributed by atoms with Crippen LogP contribution in [0.3, 0.4) is 0 Å². The van der Waals surface area contributed by atoms with Crippen molar-refractivity contribution in [2.45, 2.75) is 25.1 Å². The van der Waals surface area contributed by atoms with Crippen LogP contribution in [-0.4, -0.2) is 18.7 Å². The van der Waals surface area contributed by atoms with E-state index in [1.54, 1.807) is 7.11 Å². The molecule has 0 aromatic carbocycles. The van der Waals surface area contributed by atoms with Gasteiger partial charge in [-0.25, -0.2) is 4.98 Å². The highest BCUT2D eigenvalue weighted by Gasteiger charge is 2.35. The number of methoxy groups -OCH3 is 1. The summed E-state index contributed by atoms with van der Waals surface area (Å²) in [4.78, 5) is 3.83. The average molecular weight is 269 g/mol. The van der Waals surface area contributed by atoms with E-state index in [9.17, 15) is 13.2 Å². The number of hydrazine groups is 1. The van der Waals surface area contributed by atoms with Gasteiger partial charge in [-0.1, -0.05) is 0 Å². The van der Waals surface area contributed by atoms with Gasteiger partial charge in [0.05, 0.1) is 6.04 Å². The fraction of sp³-hybridized carbons (Fsp3) is 0.667. The molecule has 1 aromatic rings. The zero-order valence-corrected chi connectivity index (χ0v) is 10.1. The summed E-state index contributed by atoms with van der Waals surface area (Å²) in [7, 11) is 1.57. The van der Waals surface area contributed by atoms with E-state index >= 15 is 0 Å². The molecule has 1 rings (SSSR count). The third-order valence-corrected chi connectivity index (χ3v) is 3.31. The van der Waals surface area contributed by atoms with Crippen LogP contribution in [0.15, 0.2) is 6.20 Å². The van der Waals surface area contributed by atoms with Gasteiger partial charge in [-0.2, -0.15) is 13.2 Å². The highest BCUT2D eigenvalue weighted by atomic mass is 32.1. The van der Waals surface area contributed by atoms with Gasteiger partial charge in [-0.05, 0) is 12.8 Å². The Morgan fingerprint density at radius 2 is 2.29 bits per heavy atom. The number of rotatable bonds is 6. The number of hydrogen-bond acceptors (Lipinski definition) is 5. The number of nitrogens with zero attached hydrogens (tertiary/aromatic N) is 1. The van der Waals surface area contributed by atoms with E-state index in [1.165, 1.54) is 6.20 Å². The fourth-order valence-corrected chi connectivity index (χ4v) is 2.20. The van der Waals surface area contributed by atoms with Crippen LogP contribution in [0.4, 0.5) is 13.2 Å². The maximum absolute atomic E-state index is 12.4. The first-order valence-electron chi connectivity index (χ1n) is 4.97.